The fourth-order valence-corrected chi connectivity index (χ4v) is 2.86. The maximum atomic E-state index is 5.76. The number of nitrogens with zero attached hydrogens (tertiary/aromatic N) is 1. The third-order valence-corrected chi connectivity index (χ3v) is 4.08. The van der Waals surface area contributed by atoms with E-state index in [2.05, 4.69) is 29.3 Å². The van der Waals surface area contributed by atoms with Crippen LogP contribution in [0.5, 0.6) is 5.75 Å². The van der Waals surface area contributed by atoms with E-state index in [1.165, 1.54) is 37.9 Å². The summed E-state index contributed by atoms with van der Waals surface area (Å²) in [7, 11) is 0. The lowest BCUT2D eigenvalue weighted by Crippen LogP contribution is -2.35. The third-order valence-electron chi connectivity index (χ3n) is 4.08. The summed E-state index contributed by atoms with van der Waals surface area (Å²) in [5.41, 5.74) is 1.25. The zero-order valence-electron chi connectivity index (χ0n) is 11.8. The lowest BCUT2D eigenvalue weighted by molar-refractivity contribution is 0.293. The maximum Gasteiger partial charge on any atom is 0.119 e. The lowest BCUT2D eigenvalue weighted by atomic mass is 10.2. The number of nitrogens with one attached hydrogen (secondary N) is 1. The fourth-order valence-electron chi connectivity index (χ4n) is 2.86. The summed E-state index contributed by atoms with van der Waals surface area (Å²) in [5.74, 6) is 0.979. The van der Waals surface area contributed by atoms with Crippen molar-refractivity contribution < 1.29 is 4.74 Å². The second-order valence-electron chi connectivity index (χ2n) is 5.83. The Balaban J connectivity index is 1.33. The van der Waals surface area contributed by atoms with Crippen LogP contribution in [0.25, 0.3) is 0 Å². The number of hydrogen-bond donors (Lipinski definition) is 1. The van der Waals surface area contributed by atoms with E-state index in [0.717, 1.165) is 24.9 Å². The molecular weight excluding hydrogens is 236 g/mol. The van der Waals surface area contributed by atoms with E-state index in [0.29, 0.717) is 6.04 Å². The van der Waals surface area contributed by atoms with Crippen LogP contribution >= 0.6 is 0 Å². The molecule has 1 aliphatic heterocycles. The summed E-state index contributed by atoms with van der Waals surface area (Å²) in [6.45, 7) is 6.30. The molecule has 3 rings (SSSR count). The number of ether oxygens (including phenoxy) is 1. The summed E-state index contributed by atoms with van der Waals surface area (Å²) in [6.07, 6.45) is 4.13. The predicted molar refractivity (Wildman–Crippen MR) is 77.7 cm³/mol. The molecule has 1 heterocycles. The first-order valence-electron chi connectivity index (χ1n) is 7.48. The van der Waals surface area contributed by atoms with Gasteiger partial charge >= 0.3 is 0 Å². The van der Waals surface area contributed by atoms with Crippen LogP contribution in [-0.2, 0) is 0 Å². The van der Waals surface area contributed by atoms with Crippen LogP contribution in [0.3, 0.4) is 0 Å². The van der Waals surface area contributed by atoms with Gasteiger partial charge in [-0.1, -0.05) is 12.1 Å². The SMILES string of the molecule is Cc1cccc(OCCNC2CCN(C3CC3)C2)c1. The first-order chi connectivity index (χ1) is 9.31. The Labute approximate surface area is 115 Å². The number of benzene rings is 1. The quantitative estimate of drug-likeness (QED) is 0.794. The largest absolute Gasteiger partial charge is 0.492 e. The minimum absolute atomic E-state index is 0.668. The van der Waals surface area contributed by atoms with Crippen molar-refractivity contribution in [3.05, 3.63) is 29.8 Å². The molecule has 0 aromatic heterocycles. The molecule has 0 spiro atoms. The first-order valence-corrected chi connectivity index (χ1v) is 7.48. The molecule has 2 fully saturated rings. The number of rotatable bonds is 6. The zero-order chi connectivity index (χ0) is 13.1. The Bertz CT molecular complexity index is 417. The van der Waals surface area contributed by atoms with Crippen molar-refractivity contribution in [2.24, 2.45) is 0 Å². The minimum Gasteiger partial charge on any atom is -0.492 e. The van der Waals surface area contributed by atoms with Gasteiger partial charge in [-0.15, -0.1) is 0 Å². The highest BCUT2D eigenvalue weighted by Crippen LogP contribution is 2.29. The van der Waals surface area contributed by atoms with E-state index in [9.17, 15) is 0 Å². The van der Waals surface area contributed by atoms with Gasteiger partial charge in [0.15, 0.2) is 0 Å². The Kier molecular flexibility index (Phi) is 4.04. The summed E-state index contributed by atoms with van der Waals surface area (Å²) in [6, 6.07) is 9.83. The van der Waals surface area contributed by atoms with Crippen molar-refractivity contribution in [3.63, 3.8) is 0 Å². The van der Waals surface area contributed by atoms with Gasteiger partial charge in [-0.2, -0.15) is 0 Å². The summed E-state index contributed by atoms with van der Waals surface area (Å²) < 4.78 is 5.76. The molecule has 3 heteroatoms. The van der Waals surface area contributed by atoms with Gasteiger partial charge in [0.2, 0.25) is 0 Å². The molecule has 0 amide bonds. The van der Waals surface area contributed by atoms with Gasteiger partial charge in [0.25, 0.3) is 0 Å². The van der Waals surface area contributed by atoms with Crippen LogP contribution in [-0.4, -0.2) is 43.2 Å². The molecule has 1 saturated heterocycles. The van der Waals surface area contributed by atoms with E-state index >= 15 is 0 Å². The van der Waals surface area contributed by atoms with Crippen molar-refractivity contribution in [2.75, 3.05) is 26.2 Å². The van der Waals surface area contributed by atoms with Crippen LogP contribution in [0.15, 0.2) is 24.3 Å². The summed E-state index contributed by atoms with van der Waals surface area (Å²) in [4.78, 5) is 2.64. The van der Waals surface area contributed by atoms with E-state index in [1.54, 1.807) is 0 Å². The average molecular weight is 260 g/mol. The van der Waals surface area contributed by atoms with Gasteiger partial charge < -0.3 is 10.1 Å². The standard InChI is InChI=1S/C16H24N2O/c1-13-3-2-4-16(11-13)19-10-8-17-14-7-9-18(12-14)15-5-6-15/h2-4,11,14-15,17H,5-10,12H2,1H3. The van der Waals surface area contributed by atoms with Crippen molar-refractivity contribution >= 4 is 0 Å². The van der Waals surface area contributed by atoms with Crippen LogP contribution in [0.4, 0.5) is 0 Å². The Morgan fingerprint density at radius 1 is 1.32 bits per heavy atom. The molecule has 19 heavy (non-hydrogen) atoms. The van der Waals surface area contributed by atoms with Gasteiger partial charge in [-0.3, -0.25) is 4.90 Å². The van der Waals surface area contributed by atoms with Crippen molar-refractivity contribution in [3.8, 4) is 5.75 Å². The highest BCUT2D eigenvalue weighted by Gasteiger charge is 2.33. The van der Waals surface area contributed by atoms with Crippen LogP contribution in [0, 0.1) is 6.92 Å². The van der Waals surface area contributed by atoms with E-state index in [-0.39, 0.29) is 0 Å². The van der Waals surface area contributed by atoms with Crippen molar-refractivity contribution in [1.29, 1.82) is 0 Å². The van der Waals surface area contributed by atoms with E-state index in [1.807, 2.05) is 12.1 Å². The second-order valence-corrected chi connectivity index (χ2v) is 5.83. The maximum absolute atomic E-state index is 5.76. The molecule has 104 valence electrons. The van der Waals surface area contributed by atoms with Gasteiger partial charge in [-0.05, 0) is 43.9 Å². The Morgan fingerprint density at radius 3 is 3.00 bits per heavy atom. The highest BCUT2D eigenvalue weighted by molar-refractivity contribution is 5.27. The van der Waals surface area contributed by atoms with Crippen LogP contribution in [0.2, 0.25) is 0 Å². The second kappa shape index (κ2) is 5.93. The molecule has 2 aliphatic rings. The smallest absolute Gasteiger partial charge is 0.119 e. The lowest BCUT2D eigenvalue weighted by Gasteiger charge is -2.16. The Hall–Kier alpha value is -1.06. The summed E-state index contributed by atoms with van der Waals surface area (Å²) in [5, 5.41) is 3.61. The van der Waals surface area contributed by atoms with E-state index in [4.69, 9.17) is 4.74 Å². The normalized spacial score (nSPS) is 23.7. The number of likely N-dealkylation sites (tertiary alicyclic amines) is 1. The molecular formula is C16H24N2O. The molecule has 1 atom stereocenters. The van der Waals surface area contributed by atoms with Gasteiger partial charge in [-0.25, -0.2) is 0 Å². The molecule has 1 aliphatic carbocycles. The van der Waals surface area contributed by atoms with Crippen molar-refractivity contribution in [2.45, 2.75) is 38.3 Å². The van der Waals surface area contributed by atoms with E-state index < -0.39 is 0 Å². The number of aryl methyl sites for hydroxylation is 1. The Morgan fingerprint density at radius 2 is 2.21 bits per heavy atom. The third kappa shape index (κ3) is 3.71. The van der Waals surface area contributed by atoms with Crippen LogP contribution < -0.4 is 10.1 Å². The molecule has 1 aromatic carbocycles. The van der Waals surface area contributed by atoms with Crippen molar-refractivity contribution in [1.82, 2.24) is 10.2 Å². The zero-order valence-corrected chi connectivity index (χ0v) is 11.8. The topological polar surface area (TPSA) is 24.5 Å². The fraction of sp³-hybridized carbons (Fsp3) is 0.625. The highest BCUT2D eigenvalue weighted by atomic mass is 16.5. The molecule has 1 aromatic rings. The predicted octanol–water partition coefficient (Wildman–Crippen LogP) is 2.20. The van der Waals surface area contributed by atoms with Gasteiger partial charge in [0, 0.05) is 31.7 Å². The molecule has 1 N–H and O–H groups in total. The molecule has 1 unspecified atom stereocenters. The average Bonchev–Trinajstić information content (AvgIpc) is 3.15. The molecule has 0 radical (unpaired) electrons. The number of hydrogen-bond acceptors (Lipinski definition) is 3. The first kappa shape index (κ1) is 12.9. The molecule has 3 nitrogen and oxygen atoms in total. The monoisotopic (exact) mass is 260 g/mol. The van der Waals surface area contributed by atoms with Crippen LogP contribution in [0.1, 0.15) is 24.8 Å². The van der Waals surface area contributed by atoms with Gasteiger partial charge in [0.05, 0.1) is 0 Å². The van der Waals surface area contributed by atoms with Gasteiger partial charge in [0.1, 0.15) is 12.4 Å². The minimum atomic E-state index is 0.668. The summed E-state index contributed by atoms with van der Waals surface area (Å²) >= 11 is 0. The molecule has 1 saturated carbocycles. The molecule has 0 bridgehead atoms.